The van der Waals surface area contributed by atoms with Gasteiger partial charge in [0.1, 0.15) is 5.82 Å². The maximum Gasteiger partial charge on any atom is 0.259 e. The zero-order valence-corrected chi connectivity index (χ0v) is 15.9. The number of rotatable bonds is 5. The van der Waals surface area contributed by atoms with Gasteiger partial charge < -0.3 is 10.6 Å². The average molecular weight is 363 g/mol. The number of pyridine rings is 1. The van der Waals surface area contributed by atoms with Crippen LogP contribution in [0.15, 0.2) is 65.7 Å². The second-order valence-corrected chi connectivity index (χ2v) is 6.84. The molecule has 4 nitrogen and oxygen atoms in total. The van der Waals surface area contributed by atoms with Gasteiger partial charge in [0, 0.05) is 22.5 Å². The van der Waals surface area contributed by atoms with Crippen LogP contribution in [0.4, 0.5) is 17.2 Å². The minimum absolute atomic E-state index is 0.191. The SMILES string of the molecule is CSc1cccc(NC(=O)c2cccnc2Nc2cccc(C)c2C)c1. The van der Waals surface area contributed by atoms with Crippen molar-refractivity contribution < 1.29 is 4.79 Å². The van der Waals surface area contributed by atoms with Gasteiger partial charge in [-0.2, -0.15) is 0 Å². The molecule has 3 aromatic rings. The fourth-order valence-electron chi connectivity index (χ4n) is 2.60. The number of amides is 1. The van der Waals surface area contributed by atoms with E-state index in [0.717, 1.165) is 21.8 Å². The number of carbonyl (C=O) groups is 1. The van der Waals surface area contributed by atoms with Crippen LogP contribution in [0.25, 0.3) is 0 Å². The molecule has 26 heavy (non-hydrogen) atoms. The second-order valence-electron chi connectivity index (χ2n) is 5.96. The Morgan fingerprint density at radius 3 is 2.65 bits per heavy atom. The molecule has 0 unspecified atom stereocenters. The fraction of sp³-hybridized carbons (Fsp3) is 0.143. The number of carbonyl (C=O) groups excluding carboxylic acids is 1. The summed E-state index contributed by atoms with van der Waals surface area (Å²) in [5, 5.41) is 6.25. The average Bonchev–Trinajstić information content (AvgIpc) is 2.66. The zero-order chi connectivity index (χ0) is 18.5. The first kappa shape index (κ1) is 18.0. The molecule has 0 spiro atoms. The normalized spacial score (nSPS) is 10.4. The molecule has 1 heterocycles. The number of benzene rings is 2. The van der Waals surface area contributed by atoms with Crippen LogP contribution in [0.3, 0.4) is 0 Å². The molecule has 132 valence electrons. The summed E-state index contributed by atoms with van der Waals surface area (Å²) in [6.07, 6.45) is 3.69. The Kier molecular flexibility index (Phi) is 5.58. The monoisotopic (exact) mass is 363 g/mol. The van der Waals surface area contributed by atoms with E-state index in [1.165, 1.54) is 5.56 Å². The van der Waals surface area contributed by atoms with E-state index in [9.17, 15) is 4.79 Å². The van der Waals surface area contributed by atoms with Crippen LogP contribution in [0.1, 0.15) is 21.5 Å². The summed E-state index contributed by atoms with van der Waals surface area (Å²) < 4.78 is 0. The van der Waals surface area contributed by atoms with Gasteiger partial charge in [-0.05, 0) is 67.6 Å². The van der Waals surface area contributed by atoms with Crippen LogP contribution in [0.5, 0.6) is 0 Å². The summed E-state index contributed by atoms with van der Waals surface area (Å²) in [4.78, 5) is 18.2. The summed E-state index contributed by atoms with van der Waals surface area (Å²) in [7, 11) is 0. The Morgan fingerprint density at radius 2 is 1.85 bits per heavy atom. The van der Waals surface area contributed by atoms with Crippen molar-refractivity contribution in [3.05, 3.63) is 77.5 Å². The van der Waals surface area contributed by atoms with E-state index >= 15 is 0 Å². The molecule has 0 saturated carbocycles. The maximum atomic E-state index is 12.8. The number of aryl methyl sites for hydroxylation is 1. The third-order valence-electron chi connectivity index (χ3n) is 4.24. The highest BCUT2D eigenvalue weighted by Crippen LogP contribution is 2.25. The van der Waals surface area contributed by atoms with Gasteiger partial charge in [-0.15, -0.1) is 11.8 Å². The molecule has 0 radical (unpaired) electrons. The Bertz CT molecular complexity index is 940. The van der Waals surface area contributed by atoms with Gasteiger partial charge in [-0.1, -0.05) is 18.2 Å². The quantitative estimate of drug-likeness (QED) is 0.595. The van der Waals surface area contributed by atoms with Crippen molar-refractivity contribution in [2.24, 2.45) is 0 Å². The fourth-order valence-corrected chi connectivity index (χ4v) is 3.06. The largest absolute Gasteiger partial charge is 0.339 e. The number of hydrogen-bond donors (Lipinski definition) is 2. The molecule has 2 aromatic carbocycles. The van der Waals surface area contributed by atoms with Crippen LogP contribution in [0.2, 0.25) is 0 Å². The van der Waals surface area contributed by atoms with E-state index in [1.54, 1.807) is 30.1 Å². The molecule has 0 aliphatic carbocycles. The zero-order valence-electron chi connectivity index (χ0n) is 15.0. The summed E-state index contributed by atoms with van der Waals surface area (Å²) in [5.41, 5.74) is 4.54. The highest BCUT2D eigenvalue weighted by molar-refractivity contribution is 7.98. The molecule has 1 amide bonds. The first-order valence-corrected chi connectivity index (χ1v) is 9.54. The molecule has 1 aromatic heterocycles. The standard InChI is InChI=1S/C21H21N3OS/c1-14-7-4-11-19(15(14)2)24-20-18(10-6-12-22-20)21(25)23-16-8-5-9-17(13-16)26-3/h4-13H,1-3H3,(H,22,24)(H,23,25). The van der Waals surface area contributed by atoms with Crippen molar-refractivity contribution in [1.82, 2.24) is 4.98 Å². The van der Waals surface area contributed by atoms with E-state index in [2.05, 4.69) is 28.6 Å². The third-order valence-corrected chi connectivity index (χ3v) is 4.96. The number of nitrogens with one attached hydrogen (secondary N) is 2. The van der Waals surface area contributed by atoms with Crippen molar-refractivity contribution >= 4 is 34.9 Å². The molecule has 5 heteroatoms. The van der Waals surface area contributed by atoms with Crippen LogP contribution in [-0.2, 0) is 0 Å². The Balaban J connectivity index is 1.86. The van der Waals surface area contributed by atoms with Gasteiger partial charge in [-0.3, -0.25) is 4.79 Å². The molecule has 0 atom stereocenters. The highest BCUT2D eigenvalue weighted by Gasteiger charge is 2.14. The van der Waals surface area contributed by atoms with Crippen molar-refractivity contribution in [2.45, 2.75) is 18.7 Å². The van der Waals surface area contributed by atoms with E-state index in [1.807, 2.05) is 49.6 Å². The van der Waals surface area contributed by atoms with Crippen molar-refractivity contribution in [3.63, 3.8) is 0 Å². The molecule has 2 N–H and O–H groups in total. The molecule has 0 aliphatic heterocycles. The molecule has 0 bridgehead atoms. The maximum absolute atomic E-state index is 12.8. The van der Waals surface area contributed by atoms with Crippen LogP contribution in [-0.4, -0.2) is 17.1 Å². The number of nitrogens with zero attached hydrogens (tertiary/aromatic N) is 1. The van der Waals surface area contributed by atoms with Crippen molar-refractivity contribution in [3.8, 4) is 0 Å². The lowest BCUT2D eigenvalue weighted by Gasteiger charge is -2.14. The first-order valence-electron chi connectivity index (χ1n) is 8.32. The number of aromatic nitrogens is 1. The van der Waals surface area contributed by atoms with Crippen molar-refractivity contribution in [1.29, 1.82) is 0 Å². The van der Waals surface area contributed by atoms with E-state index < -0.39 is 0 Å². The highest BCUT2D eigenvalue weighted by atomic mass is 32.2. The second kappa shape index (κ2) is 8.06. The van der Waals surface area contributed by atoms with Gasteiger partial charge in [0.25, 0.3) is 5.91 Å². The van der Waals surface area contributed by atoms with E-state index in [4.69, 9.17) is 0 Å². The van der Waals surface area contributed by atoms with Crippen LogP contribution in [0, 0.1) is 13.8 Å². The number of anilines is 3. The minimum Gasteiger partial charge on any atom is -0.339 e. The van der Waals surface area contributed by atoms with Gasteiger partial charge in [0.2, 0.25) is 0 Å². The topological polar surface area (TPSA) is 54.0 Å². The molecule has 0 fully saturated rings. The number of hydrogen-bond acceptors (Lipinski definition) is 4. The molecular weight excluding hydrogens is 342 g/mol. The Hall–Kier alpha value is -2.79. The van der Waals surface area contributed by atoms with Gasteiger partial charge in [-0.25, -0.2) is 4.98 Å². The third kappa shape index (κ3) is 4.06. The van der Waals surface area contributed by atoms with Crippen molar-refractivity contribution in [2.75, 3.05) is 16.9 Å². The Labute approximate surface area is 158 Å². The lowest BCUT2D eigenvalue weighted by atomic mass is 10.1. The van der Waals surface area contributed by atoms with Crippen LogP contribution >= 0.6 is 11.8 Å². The smallest absolute Gasteiger partial charge is 0.259 e. The predicted molar refractivity (Wildman–Crippen MR) is 110 cm³/mol. The minimum atomic E-state index is -0.191. The van der Waals surface area contributed by atoms with Crippen LogP contribution < -0.4 is 10.6 Å². The summed E-state index contributed by atoms with van der Waals surface area (Å²) >= 11 is 1.64. The summed E-state index contributed by atoms with van der Waals surface area (Å²) in [5.74, 6) is 0.351. The molecule has 0 aliphatic rings. The summed E-state index contributed by atoms with van der Waals surface area (Å²) in [6, 6.07) is 17.4. The molecular formula is C21H21N3OS. The number of thioether (sulfide) groups is 1. The van der Waals surface area contributed by atoms with E-state index in [-0.39, 0.29) is 5.91 Å². The molecule has 0 saturated heterocycles. The van der Waals surface area contributed by atoms with Gasteiger partial charge in [0.05, 0.1) is 5.56 Å². The lowest BCUT2D eigenvalue weighted by molar-refractivity contribution is 0.102. The first-order chi connectivity index (χ1) is 12.6. The van der Waals surface area contributed by atoms with Gasteiger partial charge >= 0.3 is 0 Å². The van der Waals surface area contributed by atoms with Gasteiger partial charge in [0.15, 0.2) is 0 Å². The predicted octanol–water partition coefficient (Wildman–Crippen LogP) is 5.42. The lowest BCUT2D eigenvalue weighted by Crippen LogP contribution is -2.15. The summed E-state index contributed by atoms with van der Waals surface area (Å²) in [6.45, 7) is 4.11. The molecule has 3 rings (SSSR count). The Morgan fingerprint density at radius 1 is 1.04 bits per heavy atom. The van der Waals surface area contributed by atoms with E-state index in [0.29, 0.717) is 11.4 Å².